The Bertz CT molecular complexity index is 191. The molecule has 3 heteroatoms. The van der Waals surface area contributed by atoms with Crippen LogP contribution in [0.2, 0.25) is 0 Å². The predicted molar refractivity (Wildman–Crippen MR) is 50.3 cm³/mol. The molecule has 0 aromatic heterocycles. The molecule has 0 aromatic rings. The summed E-state index contributed by atoms with van der Waals surface area (Å²) in [5.74, 6) is 0.281. The largest absolute Gasteiger partial charge is 0.342 e. The Labute approximate surface area is 79.1 Å². The molecule has 13 heavy (non-hydrogen) atoms. The van der Waals surface area contributed by atoms with Crippen molar-refractivity contribution in [3.05, 3.63) is 0 Å². The minimum Gasteiger partial charge on any atom is -0.342 e. The third kappa shape index (κ3) is 2.83. The van der Waals surface area contributed by atoms with E-state index in [0.29, 0.717) is 13.0 Å². The van der Waals surface area contributed by atoms with Crippen molar-refractivity contribution in [2.45, 2.75) is 32.6 Å². The lowest BCUT2D eigenvalue weighted by molar-refractivity contribution is -0.133. The molecule has 0 saturated carbocycles. The number of hydrogen-bond acceptors (Lipinski definition) is 2. The van der Waals surface area contributed by atoms with Gasteiger partial charge in [0, 0.05) is 25.4 Å². The number of carbonyl (C=O) groups excluding carboxylic acids is 2. The molecule has 1 amide bonds. The molecule has 0 radical (unpaired) electrons. The van der Waals surface area contributed by atoms with Crippen molar-refractivity contribution in [3.8, 4) is 0 Å². The van der Waals surface area contributed by atoms with Crippen molar-refractivity contribution in [2.75, 3.05) is 13.1 Å². The molecule has 0 spiro atoms. The zero-order valence-corrected chi connectivity index (χ0v) is 8.16. The van der Waals surface area contributed by atoms with Gasteiger partial charge in [-0.15, -0.1) is 0 Å². The summed E-state index contributed by atoms with van der Waals surface area (Å²) in [6.45, 7) is 3.48. The number of piperidine rings is 1. The minimum atomic E-state index is 0.0783. The van der Waals surface area contributed by atoms with Crippen LogP contribution in [-0.4, -0.2) is 30.2 Å². The first-order valence-electron chi connectivity index (χ1n) is 5.01. The van der Waals surface area contributed by atoms with Crippen molar-refractivity contribution in [3.63, 3.8) is 0 Å². The van der Waals surface area contributed by atoms with Crippen LogP contribution in [0.25, 0.3) is 0 Å². The molecule has 1 unspecified atom stereocenters. The zero-order valence-electron chi connectivity index (χ0n) is 8.16. The third-order valence-electron chi connectivity index (χ3n) is 2.47. The van der Waals surface area contributed by atoms with E-state index in [1.807, 2.05) is 11.8 Å². The maximum absolute atomic E-state index is 11.5. The molecule has 1 heterocycles. The molecule has 1 fully saturated rings. The Hall–Kier alpha value is -0.860. The molecule has 1 rings (SSSR count). The van der Waals surface area contributed by atoms with Gasteiger partial charge in [0.2, 0.25) is 5.91 Å². The Balaban J connectivity index is 2.41. The summed E-state index contributed by atoms with van der Waals surface area (Å²) in [6.07, 6.45) is 4.40. The summed E-state index contributed by atoms with van der Waals surface area (Å²) in [4.78, 5) is 23.8. The van der Waals surface area contributed by atoms with E-state index in [4.69, 9.17) is 0 Å². The van der Waals surface area contributed by atoms with Gasteiger partial charge in [0.25, 0.3) is 0 Å². The van der Waals surface area contributed by atoms with Crippen LogP contribution in [0.5, 0.6) is 0 Å². The van der Waals surface area contributed by atoms with Crippen LogP contribution in [0.15, 0.2) is 0 Å². The topological polar surface area (TPSA) is 37.4 Å². The molecule has 1 aliphatic heterocycles. The number of carbonyl (C=O) groups is 2. The van der Waals surface area contributed by atoms with Gasteiger partial charge in [-0.1, -0.05) is 6.92 Å². The van der Waals surface area contributed by atoms with Crippen molar-refractivity contribution < 1.29 is 9.59 Å². The molecule has 1 atom stereocenters. The highest BCUT2D eigenvalue weighted by Crippen LogP contribution is 2.15. The Morgan fingerprint density at radius 2 is 2.38 bits per heavy atom. The second-order valence-electron chi connectivity index (χ2n) is 3.63. The number of likely N-dealkylation sites (tertiary alicyclic amines) is 1. The fourth-order valence-corrected chi connectivity index (χ4v) is 1.72. The third-order valence-corrected chi connectivity index (χ3v) is 2.47. The number of rotatable bonds is 3. The molecule has 1 aliphatic rings. The van der Waals surface area contributed by atoms with E-state index in [2.05, 4.69) is 0 Å². The summed E-state index contributed by atoms with van der Waals surface area (Å²) >= 11 is 0. The lowest BCUT2D eigenvalue weighted by Crippen LogP contribution is -2.40. The summed E-state index contributed by atoms with van der Waals surface area (Å²) in [5.41, 5.74) is 0. The molecule has 0 aromatic carbocycles. The maximum atomic E-state index is 11.5. The normalized spacial score (nSPS) is 22.8. The van der Waals surface area contributed by atoms with E-state index >= 15 is 0 Å². The first-order valence-corrected chi connectivity index (χ1v) is 5.01. The van der Waals surface area contributed by atoms with Crippen LogP contribution in [0.1, 0.15) is 32.6 Å². The number of amides is 1. The number of hydrogen-bond donors (Lipinski definition) is 0. The van der Waals surface area contributed by atoms with Gasteiger partial charge in [0.15, 0.2) is 0 Å². The Morgan fingerprint density at radius 3 is 3.00 bits per heavy atom. The van der Waals surface area contributed by atoms with Gasteiger partial charge in [-0.2, -0.15) is 0 Å². The average Bonchev–Trinajstić information content (AvgIpc) is 2.18. The second kappa shape index (κ2) is 5.00. The Morgan fingerprint density at radius 1 is 1.62 bits per heavy atom. The van der Waals surface area contributed by atoms with Gasteiger partial charge in [0.1, 0.15) is 6.29 Å². The monoisotopic (exact) mass is 183 g/mol. The Kier molecular flexibility index (Phi) is 3.93. The van der Waals surface area contributed by atoms with Crippen LogP contribution in [0, 0.1) is 5.92 Å². The van der Waals surface area contributed by atoms with Gasteiger partial charge in [-0.25, -0.2) is 0 Å². The highest BCUT2D eigenvalue weighted by atomic mass is 16.2. The molecular weight excluding hydrogens is 166 g/mol. The summed E-state index contributed by atoms with van der Waals surface area (Å²) < 4.78 is 0. The fourth-order valence-electron chi connectivity index (χ4n) is 1.72. The average molecular weight is 183 g/mol. The highest BCUT2D eigenvalue weighted by Gasteiger charge is 2.22. The SMILES string of the molecule is CCCC(=O)N1CCCC(C=O)C1. The maximum Gasteiger partial charge on any atom is 0.222 e. The lowest BCUT2D eigenvalue weighted by atomic mass is 9.99. The van der Waals surface area contributed by atoms with E-state index in [9.17, 15) is 9.59 Å². The molecule has 0 N–H and O–H groups in total. The quantitative estimate of drug-likeness (QED) is 0.617. The van der Waals surface area contributed by atoms with Crippen LogP contribution in [-0.2, 0) is 9.59 Å². The van der Waals surface area contributed by atoms with Gasteiger partial charge >= 0.3 is 0 Å². The molecule has 3 nitrogen and oxygen atoms in total. The van der Waals surface area contributed by atoms with Crippen LogP contribution >= 0.6 is 0 Å². The van der Waals surface area contributed by atoms with Crippen molar-refractivity contribution in [1.82, 2.24) is 4.90 Å². The summed E-state index contributed by atoms with van der Waals surface area (Å²) in [7, 11) is 0. The van der Waals surface area contributed by atoms with Gasteiger partial charge < -0.3 is 9.69 Å². The summed E-state index contributed by atoms with van der Waals surface area (Å²) in [6, 6.07) is 0. The fraction of sp³-hybridized carbons (Fsp3) is 0.800. The van der Waals surface area contributed by atoms with Crippen molar-refractivity contribution in [2.24, 2.45) is 5.92 Å². The van der Waals surface area contributed by atoms with E-state index in [1.54, 1.807) is 0 Å². The first-order chi connectivity index (χ1) is 6.27. The molecule has 74 valence electrons. The first kappa shape index (κ1) is 10.2. The smallest absolute Gasteiger partial charge is 0.222 e. The van der Waals surface area contributed by atoms with Crippen LogP contribution < -0.4 is 0 Å². The van der Waals surface area contributed by atoms with Crippen LogP contribution in [0.3, 0.4) is 0 Å². The predicted octanol–water partition coefficient (Wildman–Crippen LogP) is 1.22. The van der Waals surface area contributed by atoms with Gasteiger partial charge in [-0.3, -0.25) is 4.79 Å². The van der Waals surface area contributed by atoms with E-state index in [-0.39, 0.29) is 11.8 Å². The number of aldehydes is 1. The lowest BCUT2D eigenvalue weighted by Gasteiger charge is -2.30. The van der Waals surface area contributed by atoms with Crippen LogP contribution in [0.4, 0.5) is 0 Å². The number of nitrogens with zero attached hydrogens (tertiary/aromatic N) is 1. The van der Waals surface area contributed by atoms with Crippen molar-refractivity contribution >= 4 is 12.2 Å². The van der Waals surface area contributed by atoms with Gasteiger partial charge in [-0.05, 0) is 19.3 Å². The van der Waals surface area contributed by atoms with Crippen molar-refractivity contribution in [1.29, 1.82) is 0 Å². The minimum absolute atomic E-state index is 0.0783. The van der Waals surface area contributed by atoms with Gasteiger partial charge in [0.05, 0.1) is 0 Å². The summed E-state index contributed by atoms with van der Waals surface area (Å²) in [5, 5.41) is 0. The molecule has 1 saturated heterocycles. The van der Waals surface area contributed by atoms with E-state index in [0.717, 1.165) is 32.1 Å². The molecular formula is C10H17NO2. The van der Waals surface area contributed by atoms with E-state index in [1.165, 1.54) is 0 Å². The highest BCUT2D eigenvalue weighted by molar-refractivity contribution is 5.76. The molecule has 0 aliphatic carbocycles. The second-order valence-corrected chi connectivity index (χ2v) is 3.63. The zero-order chi connectivity index (χ0) is 9.68. The standard InChI is InChI=1S/C10H17NO2/c1-2-4-10(13)11-6-3-5-9(7-11)8-12/h8-9H,2-7H2,1H3. The molecule has 0 bridgehead atoms. The van der Waals surface area contributed by atoms with E-state index < -0.39 is 0 Å².